The van der Waals surface area contributed by atoms with Crippen LogP contribution < -0.4 is 4.90 Å². The fourth-order valence-electron chi connectivity index (χ4n) is 2.46. The van der Waals surface area contributed by atoms with Gasteiger partial charge in [0.15, 0.2) is 0 Å². The number of rotatable bonds is 1. The third-order valence-corrected chi connectivity index (χ3v) is 3.31. The molecule has 2 heteroatoms. The summed E-state index contributed by atoms with van der Waals surface area (Å²) in [6.07, 6.45) is 5.88. The first-order valence-electron chi connectivity index (χ1n) is 6.04. The number of hydrogen-bond donors (Lipinski definition) is 0. The first-order valence-corrected chi connectivity index (χ1v) is 6.04. The normalized spacial score (nSPS) is 16.6. The van der Waals surface area contributed by atoms with E-state index in [1.54, 1.807) is 0 Å². The van der Waals surface area contributed by atoms with Gasteiger partial charge in [-0.2, -0.15) is 0 Å². The summed E-state index contributed by atoms with van der Waals surface area (Å²) in [5, 5.41) is 2.57. The Hall–Kier alpha value is -1.57. The lowest BCUT2D eigenvalue weighted by Crippen LogP contribution is -2.30. The van der Waals surface area contributed by atoms with Gasteiger partial charge in [0.1, 0.15) is 5.82 Å². The van der Waals surface area contributed by atoms with E-state index < -0.39 is 0 Å². The van der Waals surface area contributed by atoms with Crippen LogP contribution in [-0.4, -0.2) is 18.1 Å². The molecule has 1 aromatic heterocycles. The Morgan fingerprint density at radius 2 is 1.75 bits per heavy atom. The lowest BCUT2D eigenvalue weighted by Gasteiger charge is -2.28. The highest BCUT2D eigenvalue weighted by Gasteiger charge is 2.13. The maximum absolute atomic E-state index is 4.56. The van der Waals surface area contributed by atoms with Crippen LogP contribution in [0.5, 0.6) is 0 Å². The number of nitrogens with zero attached hydrogens (tertiary/aromatic N) is 2. The number of aromatic nitrogens is 1. The van der Waals surface area contributed by atoms with Crippen LogP contribution in [0.4, 0.5) is 5.82 Å². The predicted octanol–water partition coefficient (Wildman–Crippen LogP) is 3.23. The Bertz CT molecular complexity index is 482. The average molecular weight is 212 g/mol. The summed E-state index contributed by atoms with van der Waals surface area (Å²) in [5.41, 5.74) is 0. The maximum Gasteiger partial charge on any atom is 0.136 e. The Balaban J connectivity index is 2.08. The van der Waals surface area contributed by atoms with Gasteiger partial charge in [0, 0.05) is 24.7 Å². The van der Waals surface area contributed by atoms with Crippen LogP contribution in [-0.2, 0) is 0 Å². The van der Waals surface area contributed by atoms with Gasteiger partial charge in [-0.15, -0.1) is 0 Å². The Morgan fingerprint density at radius 3 is 2.62 bits per heavy atom. The predicted molar refractivity (Wildman–Crippen MR) is 67.8 cm³/mol. The topological polar surface area (TPSA) is 16.1 Å². The minimum absolute atomic E-state index is 1.15. The van der Waals surface area contributed by atoms with Crippen molar-refractivity contribution in [3.05, 3.63) is 36.5 Å². The molecule has 0 atom stereocenters. The number of fused-ring (bicyclic) bond motifs is 1. The van der Waals surface area contributed by atoms with Gasteiger partial charge in [-0.05, 0) is 30.7 Å². The maximum atomic E-state index is 4.56. The molecule has 2 nitrogen and oxygen atoms in total. The molecule has 1 aliphatic heterocycles. The molecule has 1 fully saturated rings. The van der Waals surface area contributed by atoms with Crippen molar-refractivity contribution in [1.29, 1.82) is 0 Å². The van der Waals surface area contributed by atoms with E-state index in [0.29, 0.717) is 0 Å². The molecule has 0 N–H and O–H groups in total. The molecule has 0 saturated carbocycles. The number of benzene rings is 1. The summed E-state index contributed by atoms with van der Waals surface area (Å²) < 4.78 is 0. The number of hydrogen-bond acceptors (Lipinski definition) is 2. The monoisotopic (exact) mass is 212 g/mol. The third kappa shape index (κ3) is 1.64. The van der Waals surface area contributed by atoms with E-state index in [1.165, 1.54) is 30.0 Å². The Morgan fingerprint density at radius 1 is 0.938 bits per heavy atom. The summed E-state index contributed by atoms with van der Waals surface area (Å²) in [6, 6.07) is 10.6. The molecule has 16 heavy (non-hydrogen) atoms. The van der Waals surface area contributed by atoms with Crippen LogP contribution in [0.25, 0.3) is 10.8 Å². The fraction of sp³-hybridized carbons (Fsp3) is 0.357. The molecular weight excluding hydrogens is 196 g/mol. The molecule has 1 saturated heterocycles. The average Bonchev–Trinajstić information content (AvgIpc) is 2.39. The largest absolute Gasteiger partial charge is 0.356 e. The van der Waals surface area contributed by atoms with Gasteiger partial charge in [0.2, 0.25) is 0 Å². The highest BCUT2D eigenvalue weighted by Crippen LogP contribution is 2.26. The van der Waals surface area contributed by atoms with Gasteiger partial charge < -0.3 is 4.90 Å². The second kappa shape index (κ2) is 4.12. The Labute approximate surface area is 95.9 Å². The molecule has 0 aliphatic carbocycles. The highest BCUT2D eigenvalue weighted by atomic mass is 15.2. The fourth-order valence-corrected chi connectivity index (χ4v) is 2.46. The van der Waals surface area contributed by atoms with Crippen molar-refractivity contribution < 1.29 is 0 Å². The molecular formula is C14H16N2. The Kier molecular flexibility index (Phi) is 2.49. The van der Waals surface area contributed by atoms with Crippen LogP contribution in [0.15, 0.2) is 36.5 Å². The summed E-state index contributed by atoms with van der Waals surface area (Å²) in [7, 11) is 0. The second-order valence-electron chi connectivity index (χ2n) is 4.40. The van der Waals surface area contributed by atoms with E-state index in [4.69, 9.17) is 0 Å². The second-order valence-corrected chi connectivity index (χ2v) is 4.40. The summed E-state index contributed by atoms with van der Waals surface area (Å²) in [6.45, 7) is 2.31. The van der Waals surface area contributed by atoms with Crippen molar-refractivity contribution in [2.45, 2.75) is 19.3 Å². The standard InChI is InChI=1S/C14H16N2/c1-4-10-16(11-5-1)14-13-7-3-2-6-12(13)8-9-15-14/h2-3,6-9H,1,4-5,10-11H2. The minimum atomic E-state index is 1.15. The van der Waals surface area contributed by atoms with E-state index in [1.807, 2.05) is 6.20 Å². The first-order chi connectivity index (χ1) is 7.95. The van der Waals surface area contributed by atoms with Crippen molar-refractivity contribution in [3.8, 4) is 0 Å². The van der Waals surface area contributed by atoms with Crippen molar-refractivity contribution in [1.82, 2.24) is 4.98 Å². The lowest BCUT2D eigenvalue weighted by molar-refractivity contribution is 0.575. The SMILES string of the molecule is c1ccc2c(N3CCCCC3)nccc2c1. The number of anilines is 1. The van der Waals surface area contributed by atoms with Crippen LogP contribution >= 0.6 is 0 Å². The van der Waals surface area contributed by atoms with Crippen LogP contribution in [0.3, 0.4) is 0 Å². The van der Waals surface area contributed by atoms with Gasteiger partial charge in [0.05, 0.1) is 0 Å². The molecule has 0 bridgehead atoms. The molecule has 82 valence electrons. The number of piperidine rings is 1. The van der Waals surface area contributed by atoms with E-state index in [2.05, 4.69) is 40.2 Å². The van der Waals surface area contributed by atoms with Crippen LogP contribution in [0, 0.1) is 0 Å². The molecule has 2 heterocycles. The highest BCUT2D eigenvalue weighted by molar-refractivity contribution is 5.92. The van der Waals surface area contributed by atoms with Gasteiger partial charge >= 0.3 is 0 Å². The van der Waals surface area contributed by atoms with Crippen LogP contribution in [0.1, 0.15) is 19.3 Å². The molecule has 0 spiro atoms. The van der Waals surface area contributed by atoms with Crippen molar-refractivity contribution in [2.24, 2.45) is 0 Å². The zero-order chi connectivity index (χ0) is 10.8. The van der Waals surface area contributed by atoms with Gasteiger partial charge in [0.25, 0.3) is 0 Å². The third-order valence-electron chi connectivity index (χ3n) is 3.31. The van der Waals surface area contributed by atoms with E-state index in [-0.39, 0.29) is 0 Å². The van der Waals surface area contributed by atoms with Crippen LogP contribution in [0.2, 0.25) is 0 Å². The molecule has 1 aromatic carbocycles. The van der Waals surface area contributed by atoms with Gasteiger partial charge in [-0.1, -0.05) is 24.3 Å². The molecule has 1 aliphatic rings. The summed E-state index contributed by atoms with van der Waals surface area (Å²) >= 11 is 0. The van der Waals surface area contributed by atoms with Gasteiger partial charge in [-0.25, -0.2) is 4.98 Å². The molecule has 0 radical (unpaired) electrons. The summed E-state index contributed by atoms with van der Waals surface area (Å²) in [4.78, 5) is 6.98. The molecule has 0 unspecified atom stereocenters. The summed E-state index contributed by atoms with van der Waals surface area (Å²) in [5.74, 6) is 1.16. The molecule has 0 amide bonds. The smallest absolute Gasteiger partial charge is 0.136 e. The van der Waals surface area contributed by atoms with E-state index >= 15 is 0 Å². The molecule has 3 rings (SSSR count). The van der Waals surface area contributed by atoms with Gasteiger partial charge in [-0.3, -0.25) is 0 Å². The molecule has 2 aromatic rings. The van der Waals surface area contributed by atoms with Crippen molar-refractivity contribution >= 4 is 16.6 Å². The quantitative estimate of drug-likeness (QED) is 0.721. The zero-order valence-corrected chi connectivity index (χ0v) is 9.39. The first kappa shape index (κ1) is 9.64. The van der Waals surface area contributed by atoms with E-state index in [9.17, 15) is 0 Å². The number of pyridine rings is 1. The van der Waals surface area contributed by atoms with Crippen molar-refractivity contribution in [2.75, 3.05) is 18.0 Å². The zero-order valence-electron chi connectivity index (χ0n) is 9.39. The minimum Gasteiger partial charge on any atom is -0.356 e. The van der Waals surface area contributed by atoms with Crippen molar-refractivity contribution in [3.63, 3.8) is 0 Å². The lowest BCUT2D eigenvalue weighted by atomic mass is 10.1. The van der Waals surface area contributed by atoms with E-state index in [0.717, 1.165) is 18.9 Å².